The topological polar surface area (TPSA) is 83.0 Å². The zero-order chi connectivity index (χ0) is 22.1. The maximum atomic E-state index is 13.3. The highest BCUT2D eigenvalue weighted by molar-refractivity contribution is 6.30. The number of benzene rings is 2. The predicted molar refractivity (Wildman–Crippen MR) is 120 cm³/mol. The number of rotatable bonds is 6. The molecular formula is C24H17ClN4O3. The van der Waals surface area contributed by atoms with E-state index in [2.05, 4.69) is 15.1 Å². The Balaban J connectivity index is 1.56. The molecule has 0 N–H and O–H groups in total. The third-order valence-electron chi connectivity index (χ3n) is 5.16. The van der Waals surface area contributed by atoms with Gasteiger partial charge in [0, 0.05) is 46.6 Å². The average Bonchev–Trinajstić information content (AvgIpc) is 3.46. The Morgan fingerprint density at radius 1 is 1.09 bits per heavy atom. The molecule has 8 heteroatoms. The average molecular weight is 445 g/mol. The van der Waals surface area contributed by atoms with Gasteiger partial charge in [-0.2, -0.15) is 4.98 Å². The lowest BCUT2D eigenvalue weighted by atomic mass is 10.1. The molecule has 158 valence electrons. The Morgan fingerprint density at radius 2 is 1.88 bits per heavy atom. The Labute approximate surface area is 188 Å². The minimum Gasteiger partial charge on any atom is -0.497 e. The van der Waals surface area contributed by atoms with E-state index in [1.54, 1.807) is 37.8 Å². The summed E-state index contributed by atoms with van der Waals surface area (Å²) in [6, 6.07) is 16.7. The van der Waals surface area contributed by atoms with Gasteiger partial charge in [0.2, 0.25) is 5.82 Å². The second kappa shape index (κ2) is 8.28. The number of fused-ring (bicyclic) bond motifs is 1. The van der Waals surface area contributed by atoms with Crippen LogP contribution >= 0.6 is 11.6 Å². The van der Waals surface area contributed by atoms with Crippen molar-refractivity contribution in [3.05, 3.63) is 95.2 Å². The molecule has 0 saturated heterocycles. The minimum atomic E-state index is -0.356. The molecule has 0 atom stereocenters. The molecule has 0 amide bonds. The third kappa shape index (κ3) is 3.74. The number of carbonyl (C=O) groups excluding carboxylic acids is 1. The van der Waals surface area contributed by atoms with Crippen LogP contribution in [-0.4, -0.2) is 32.6 Å². The quantitative estimate of drug-likeness (QED) is 0.342. The van der Waals surface area contributed by atoms with E-state index in [0.29, 0.717) is 28.7 Å². The fraction of sp³-hybridized carbons (Fsp3) is 0.0833. The fourth-order valence-electron chi connectivity index (χ4n) is 3.55. The van der Waals surface area contributed by atoms with Gasteiger partial charge in [-0.25, -0.2) is 0 Å². The Bertz CT molecular complexity index is 1410. The zero-order valence-corrected chi connectivity index (χ0v) is 17.8. The van der Waals surface area contributed by atoms with Gasteiger partial charge in [0.25, 0.3) is 11.7 Å². The van der Waals surface area contributed by atoms with Crippen LogP contribution in [0.1, 0.15) is 21.8 Å². The molecule has 5 aromatic rings. The van der Waals surface area contributed by atoms with Gasteiger partial charge in [-0.05, 0) is 48.0 Å². The number of ether oxygens (including phenoxy) is 1. The Kier molecular flexibility index (Phi) is 5.17. The van der Waals surface area contributed by atoms with Crippen LogP contribution < -0.4 is 4.74 Å². The molecule has 0 fully saturated rings. The number of carbonyl (C=O) groups is 1. The van der Waals surface area contributed by atoms with Crippen molar-refractivity contribution in [3.8, 4) is 17.1 Å². The van der Waals surface area contributed by atoms with Gasteiger partial charge < -0.3 is 13.8 Å². The van der Waals surface area contributed by atoms with Gasteiger partial charge in [0.1, 0.15) is 5.75 Å². The molecule has 0 aliphatic heterocycles. The maximum Gasteiger partial charge on any atom is 0.299 e. The summed E-state index contributed by atoms with van der Waals surface area (Å²) in [5.41, 5.74) is 3.12. The number of pyridine rings is 1. The fourth-order valence-corrected chi connectivity index (χ4v) is 3.68. The van der Waals surface area contributed by atoms with Crippen LogP contribution in [0.2, 0.25) is 5.02 Å². The first-order chi connectivity index (χ1) is 15.6. The van der Waals surface area contributed by atoms with E-state index in [0.717, 1.165) is 22.0 Å². The van der Waals surface area contributed by atoms with Crippen LogP contribution in [0, 0.1) is 0 Å². The van der Waals surface area contributed by atoms with E-state index in [1.807, 2.05) is 47.0 Å². The van der Waals surface area contributed by atoms with E-state index in [9.17, 15) is 4.79 Å². The lowest BCUT2D eigenvalue weighted by Gasteiger charge is -2.06. The van der Waals surface area contributed by atoms with Crippen LogP contribution in [0.15, 0.2) is 77.7 Å². The van der Waals surface area contributed by atoms with Crippen LogP contribution in [-0.2, 0) is 6.54 Å². The second-order valence-corrected chi connectivity index (χ2v) is 7.60. The lowest BCUT2D eigenvalue weighted by Crippen LogP contribution is -2.02. The van der Waals surface area contributed by atoms with Crippen molar-refractivity contribution in [1.82, 2.24) is 19.7 Å². The molecule has 3 heterocycles. The molecular weight excluding hydrogens is 428 g/mol. The Morgan fingerprint density at radius 3 is 2.62 bits per heavy atom. The lowest BCUT2D eigenvalue weighted by molar-refractivity contribution is 0.0995. The first kappa shape index (κ1) is 20.0. The van der Waals surface area contributed by atoms with Crippen LogP contribution in [0.25, 0.3) is 22.3 Å². The number of hydrogen-bond donors (Lipinski definition) is 0. The van der Waals surface area contributed by atoms with Crippen LogP contribution in [0.4, 0.5) is 0 Å². The third-order valence-corrected chi connectivity index (χ3v) is 5.41. The summed E-state index contributed by atoms with van der Waals surface area (Å²) in [5.74, 6) is 0.549. The highest BCUT2D eigenvalue weighted by Crippen LogP contribution is 2.29. The number of halogens is 1. The molecule has 7 nitrogen and oxygen atoms in total. The van der Waals surface area contributed by atoms with Crippen molar-refractivity contribution >= 4 is 28.3 Å². The summed E-state index contributed by atoms with van der Waals surface area (Å²) in [6.45, 7) is 0.569. The van der Waals surface area contributed by atoms with Crippen molar-refractivity contribution in [2.45, 2.75) is 6.54 Å². The largest absolute Gasteiger partial charge is 0.497 e. The molecule has 0 aliphatic rings. The van der Waals surface area contributed by atoms with E-state index in [1.165, 1.54) is 0 Å². The number of nitrogens with zero attached hydrogens (tertiary/aromatic N) is 4. The van der Waals surface area contributed by atoms with Gasteiger partial charge >= 0.3 is 0 Å². The first-order valence-corrected chi connectivity index (χ1v) is 10.2. The standard InChI is InChI=1S/C24H17ClN4O3/c1-31-18-6-7-21-19(12-18)20(14-29(21)13-15-2-4-17(25)5-3-15)22(30)24-27-23(28-32-24)16-8-10-26-11-9-16/h2-12,14H,13H2,1H3. The molecule has 3 aromatic heterocycles. The summed E-state index contributed by atoms with van der Waals surface area (Å²) >= 11 is 6.01. The molecule has 0 unspecified atom stereocenters. The van der Waals surface area contributed by atoms with Gasteiger partial charge in [-0.3, -0.25) is 9.78 Å². The molecule has 5 rings (SSSR count). The summed E-state index contributed by atoms with van der Waals surface area (Å²) in [6.07, 6.45) is 5.06. The number of hydrogen-bond acceptors (Lipinski definition) is 6. The molecule has 0 bridgehead atoms. The summed E-state index contributed by atoms with van der Waals surface area (Å²) < 4.78 is 12.7. The Hall–Kier alpha value is -3.97. The predicted octanol–water partition coefficient (Wildman–Crippen LogP) is 5.03. The van der Waals surface area contributed by atoms with Gasteiger partial charge in [-0.1, -0.05) is 28.9 Å². The van der Waals surface area contributed by atoms with Crippen LogP contribution in [0.5, 0.6) is 5.75 Å². The highest BCUT2D eigenvalue weighted by atomic mass is 35.5. The molecule has 0 spiro atoms. The first-order valence-electron chi connectivity index (χ1n) is 9.82. The number of ketones is 1. The summed E-state index contributed by atoms with van der Waals surface area (Å²) in [5, 5.41) is 5.37. The van der Waals surface area contributed by atoms with Crippen molar-refractivity contribution < 1.29 is 14.1 Å². The number of methoxy groups -OCH3 is 1. The van der Waals surface area contributed by atoms with Gasteiger partial charge in [0.15, 0.2) is 0 Å². The van der Waals surface area contributed by atoms with Crippen molar-refractivity contribution in [2.75, 3.05) is 7.11 Å². The normalized spacial score (nSPS) is 11.1. The molecule has 0 radical (unpaired) electrons. The SMILES string of the molecule is COc1ccc2c(c1)c(C(=O)c1nc(-c3ccncc3)no1)cn2Cc1ccc(Cl)cc1. The van der Waals surface area contributed by atoms with E-state index in [-0.39, 0.29) is 11.7 Å². The number of aromatic nitrogens is 4. The molecule has 0 saturated carbocycles. The van der Waals surface area contributed by atoms with E-state index < -0.39 is 0 Å². The minimum absolute atomic E-state index is 0.0785. The van der Waals surface area contributed by atoms with Gasteiger partial charge in [0.05, 0.1) is 12.7 Å². The van der Waals surface area contributed by atoms with Crippen molar-refractivity contribution in [3.63, 3.8) is 0 Å². The molecule has 2 aromatic carbocycles. The highest BCUT2D eigenvalue weighted by Gasteiger charge is 2.23. The smallest absolute Gasteiger partial charge is 0.299 e. The zero-order valence-electron chi connectivity index (χ0n) is 17.0. The van der Waals surface area contributed by atoms with Crippen molar-refractivity contribution in [2.24, 2.45) is 0 Å². The second-order valence-electron chi connectivity index (χ2n) is 7.17. The maximum absolute atomic E-state index is 13.3. The van der Waals surface area contributed by atoms with E-state index >= 15 is 0 Å². The summed E-state index contributed by atoms with van der Waals surface area (Å²) in [4.78, 5) is 21.6. The van der Waals surface area contributed by atoms with Crippen molar-refractivity contribution in [1.29, 1.82) is 0 Å². The monoisotopic (exact) mass is 444 g/mol. The molecule has 32 heavy (non-hydrogen) atoms. The summed E-state index contributed by atoms with van der Waals surface area (Å²) in [7, 11) is 1.59. The van der Waals surface area contributed by atoms with Gasteiger partial charge in [-0.15, -0.1) is 0 Å². The van der Waals surface area contributed by atoms with E-state index in [4.69, 9.17) is 20.9 Å². The van der Waals surface area contributed by atoms with Crippen LogP contribution in [0.3, 0.4) is 0 Å². The molecule has 0 aliphatic carbocycles.